The number of hydrogen-bond acceptors (Lipinski definition) is 0. The Balaban J connectivity index is 1.69. The van der Waals surface area contributed by atoms with Crippen LogP contribution < -0.4 is 0 Å². The minimum atomic E-state index is -3.02. The Morgan fingerprint density at radius 3 is 2.12 bits per heavy atom. The summed E-state index contributed by atoms with van der Waals surface area (Å²) in [4.78, 5) is 0. The monoisotopic (exact) mass is 618 g/mol. The average Bonchev–Trinajstić information content (AvgIpc) is 3.49. The minimum absolute atomic E-state index is 0.281. The summed E-state index contributed by atoms with van der Waals surface area (Å²) in [7, 11) is 0. The van der Waals surface area contributed by atoms with Crippen LogP contribution in [-0.2, 0) is 39.2 Å². The molecule has 1 atom stereocenters. The molecule has 0 spiro atoms. The molecule has 2 aromatic carbocycles. The molecule has 2 aromatic rings. The van der Waals surface area contributed by atoms with E-state index < -0.39 is 20.0 Å². The van der Waals surface area contributed by atoms with Gasteiger partial charge in [-0.15, -0.1) is 0 Å². The van der Waals surface area contributed by atoms with Crippen LogP contribution in [0.5, 0.6) is 0 Å². The molecule has 1 unspecified atom stereocenters. The molecule has 0 fully saturated rings. The molecule has 5 rings (SSSR count). The van der Waals surface area contributed by atoms with E-state index in [2.05, 4.69) is 93.4 Å². The van der Waals surface area contributed by atoms with Crippen LogP contribution in [0.25, 0.3) is 5.57 Å². The number of fused-ring (bicyclic) bond motifs is 3. The molecule has 3 aliphatic rings. The van der Waals surface area contributed by atoms with Crippen molar-refractivity contribution in [3.05, 3.63) is 95.9 Å². The molecule has 178 valence electrons. The molecular weight excluding hydrogens is 575 g/mol. The zero-order chi connectivity index (χ0) is 24.4. The third kappa shape index (κ3) is 3.40. The zero-order valence-corrected chi connectivity index (χ0v) is 26.2. The maximum absolute atomic E-state index is 3.02. The van der Waals surface area contributed by atoms with Crippen LogP contribution >= 0.6 is 0 Å². The summed E-state index contributed by atoms with van der Waals surface area (Å²) in [6.45, 7) is 14.7. The fourth-order valence-corrected chi connectivity index (χ4v) is 23.6. The molecule has 0 N–H and O–H groups in total. The average molecular weight is 617 g/mol. The topological polar surface area (TPSA) is 0 Å². The van der Waals surface area contributed by atoms with Gasteiger partial charge in [-0.3, -0.25) is 0 Å². The Morgan fingerprint density at radius 2 is 1.47 bits per heavy atom. The van der Waals surface area contributed by atoms with Gasteiger partial charge in [-0.25, -0.2) is 0 Å². The van der Waals surface area contributed by atoms with Crippen LogP contribution in [0, 0.1) is 0 Å². The summed E-state index contributed by atoms with van der Waals surface area (Å²) >= 11 is -3.02. The van der Waals surface area contributed by atoms with Crippen molar-refractivity contribution in [2.24, 2.45) is 0 Å². The van der Waals surface area contributed by atoms with Crippen LogP contribution in [0.4, 0.5) is 0 Å². The number of benzene rings is 2. The SMILES string of the molecule is CC1=C(C)[C](C)([Hf]([CH3])([CH3])[C]2=C(CC(C)c3ccccc3)c3c(ccc4c3CCC4)C2)C(C)=C1C. The summed E-state index contributed by atoms with van der Waals surface area (Å²) in [6, 6.07) is 16.2. The van der Waals surface area contributed by atoms with E-state index in [0.29, 0.717) is 5.92 Å². The van der Waals surface area contributed by atoms with E-state index in [1.807, 2.05) is 3.33 Å². The Morgan fingerprint density at radius 1 is 0.853 bits per heavy atom. The van der Waals surface area contributed by atoms with Crippen LogP contribution in [0.1, 0.15) is 88.1 Å². The molecule has 0 aromatic heterocycles. The van der Waals surface area contributed by atoms with Gasteiger partial charge < -0.3 is 0 Å². The van der Waals surface area contributed by atoms with Gasteiger partial charge in [0.2, 0.25) is 0 Å². The molecular formula is C33H42Hf. The first-order chi connectivity index (χ1) is 16.1. The second-order valence-corrected chi connectivity index (χ2v) is 29.4. The van der Waals surface area contributed by atoms with Gasteiger partial charge in [0.25, 0.3) is 0 Å². The summed E-state index contributed by atoms with van der Waals surface area (Å²) in [5.74, 6) is 0.548. The standard InChI is InChI=1S/C21H21.C10H15.2CH3.Hf/c1-15(16-6-3-2-4-7-16)14-19-13-12-18-11-10-17-8-5-9-20(17)21(18)19;1-6-7(2)9(4)10(5)8(6)3;;;/h2-4,6-7,10-11,15H,5,8-9,12,14H2,1H3;1-5H3;2*1H3;. The van der Waals surface area contributed by atoms with Crippen molar-refractivity contribution in [1.82, 2.24) is 0 Å². The molecule has 0 heterocycles. The fraction of sp³-hybridized carbons (Fsp3) is 0.455. The Kier molecular flexibility index (Phi) is 6.11. The van der Waals surface area contributed by atoms with Gasteiger partial charge in [0.05, 0.1) is 0 Å². The molecule has 0 saturated heterocycles. The van der Waals surface area contributed by atoms with E-state index in [1.165, 1.54) is 37.7 Å². The van der Waals surface area contributed by atoms with E-state index in [1.54, 1.807) is 50.1 Å². The quantitative estimate of drug-likeness (QED) is 0.293. The van der Waals surface area contributed by atoms with Crippen molar-refractivity contribution in [2.45, 2.75) is 92.1 Å². The second-order valence-electron chi connectivity index (χ2n) is 12.0. The van der Waals surface area contributed by atoms with Crippen LogP contribution in [0.2, 0.25) is 12.5 Å². The Labute approximate surface area is 212 Å². The van der Waals surface area contributed by atoms with Gasteiger partial charge in [0, 0.05) is 0 Å². The Bertz CT molecular complexity index is 1220. The van der Waals surface area contributed by atoms with Gasteiger partial charge in [0.15, 0.2) is 0 Å². The van der Waals surface area contributed by atoms with Gasteiger partial charge in [-0.05, 0) is 0 Å². The van der Waals surface area contributed by atoms with Crippen molar-refractivity contribution in [2.75, 3.05) is 0 Å². The normalized spacial score (nSPS) is 20.4. The van der Waals surface area contributed by atoms with Crippen molar-refractivity contribution in [1.29, 1.82) is 0 Å². The van der Waals surface area contributed by atoms with Crippen molar-refractivity contribution >= 4 is 5.57 Å². The van der Waals surface area contributed by atoms with Gasteiger partial charge in [-0.2, -0.15) is 0 Å². The zero-order valence-electron chi connectivity index (χ0n) is 22.7. The van der Waals surface area contributed by atoms with Crippen LogP contribution in [-0.4, -0.2) is 0 Å². The van der Waals surface area contributed by atoms with Gasteiger partial charge in [0.1, 0.15) is 0 Å². The van der Waals surface area contributed by atoms with Gasteiger partial charge in [-0.1, -0.05) is 0 Å². The van der Waals surface area contributed by atoms with E-state index in [4.69, 9.17) is 0 Å². The van der Waals surface area contributed by atoms with Crippen molar-refractivity contribution < 1.29 is 20.0 Å². The number of aryl methyl sites for hydroxylation is 1. The molecule has 3 aliphatic carbocycles. The summed E-state index contributed by atoms with van der Waals surface area (Å²) in [6.07, 6.45) is 6.27. The predicted octanol–water partition coefficient (Wildman–Crippen LogP) is 9.75. The molecule has 0 nitrogen and oxygen atoms in total. The number of rotatable bonds is 5. The summed E-state index contributed by atoms with van der Waals surface area (Å²) in [5, 5.41) is 0. The van der Waals surface area contributed by atoms with Crippen LogP contribution in [0.3, 0.4) is 0 Å². The van der Waals surface area contributed by atoms with Gasteiger partial charge >= 0.3 is 214 Å². The first kappa shape index (κ1) is 24.2. The number of allylic oxidation sites excluding steroid dienone is 6. The number of hydrogen-bond donors (Lipinski definition) is 0. The first-order valence-corrected chi connectivity index (χ1v) is 24.1. The van der Waals surface area contributed by atoms with Crippen molar-refractivity contribution in [3.8, 4) is 0 Å². The third-order valence-electron chi connectivity index (χ3n) is 10.5. The van der Waals surface area contributed by atoms with E-state index in [9.17, 15) is 0 Å². The van der Waals surface area contributed by atoms with E-state index in [-0.39, 0.29) is 3.17 Å². The van der Waals surface area contributed by atoms with Crippen LogP contribution in [0.15, 0.2) is 68.1 Å². The fourth-order valence-electron chi connectivity index (χ4n) is 7.55. The Hall–Kier alpha value is -1.47. The molecule has 0 bridgehead atoms. The molecule has 34 heavy (non-hydrogen) atoms. The van der Waals surface area contributed by atoms with E-state index >= 15 is 0 Å². The summed E-state index contributed by atoms with van der Waals surface area (Å²) in [5.41, 5.74) is 16.4. The van der Waals surface area contributed by atoms with Crippen molar-refractivity contribution in [3.63, 3.8) is 0 Å². The molecule has 0 aliphatic heterocycles. The predicted molar refractivity (Wildman–Crippen MR) is 145 cm³/mol. The molecule has 0 radical (unpaired) electrons. The second kappa shape index (κ2) is 8.58. The molecule has 1 heteroatoms. The third-order valence-corrected chi connectivity index (χ3v) is 29.3. The van der Waals surface area contributed by atoms with E-state index in [0.717, 1.165) is 0 Å². The first-order valence-electron chi connectivity index (χ1n) is 13.4. The summed E-state index contributed by atoms with van der Waals surface area (Å²) < 4.78 is 7.72. The molecule has 0 amide bonds. The molecule has 0 saturated carbocycles. The maximum atomic E-state index is 2.76.